The van der Waals surface area contributed by atoms with E-state index in [1.807, 2.05) is 11.6 Å². The Bertz CT molecular complexity index is 469. The number of aromatic nitrogens is 3. The molecule has 7 nitrogen and oxygen atoms in total. The van der Waals surface area contributed by atoms with E-state index in [4.69, 9.17) is 5.14 Å². The second-order valence-corrected chi connectivity index (χ2v) is 5.59. The second-order valence-electron chi connectivity index (χ2n) is 4.04. The quantitative estimate of drug-likeness (QED) is 0.738. The fraction of sp³-hybridized carbons (Fsp3) is 0.750. The summed E-state index contributed by atoms with van der Waals surface area (Å²) in [6.45, 7) is 0.887. The minimum Gasteiger partial charge on any atom is -0.320 e. The zero-order valence-corrected chi connectivity index (χ0v) is 9.89. The van der Waals surface area contributed by atoms with Gasteiger partial charge in [-0.25, -0.2) is 5.14 Å². The lowest BCUT2D eigenvalue weighted by atomic mass is 9.99. The molecule has 1 aliphatic heterocycles. The number of rotatable bonds is 2. The highest BCUT2D eigenvalue weighted by Gasteiger charge is 2.29. The first-order valence-corrected chi connectivity index (χ1v) is 6.60. The third kappa shape index (κ3) is 2.23. The lowest BCUT2D eigenvalue weighted by Gasteiger charge is -2.29. The van der Waals surface area contributed by atoms with Crippen LogP contribution in [0.15, 0.2) is 6.33 Å². The number of aryl methyl sites for hydroxylation is 1. The number of hydrogen-bond acceptors (Lipinski definition) is 4. The van der Waals surface area contributed by atoms with E-state index in [2.05, 4.69) is 10.2 Å². The molecule has 1 fully saturated rings. The average molecular weight is 245 g/mol. The van der Waals surface area contributed by atoms with Crippen LogP contribution in [0.3, 0.4) is 0 Å². The SMILES string of the molecule is Cn1cnnc1C1CCCN(S(N)(=O)=O)C1. The van der Waals surface area contributed by atoms with E-state index in [0.29, 0.717) is 13.1 Å². The first-order chi connectivity index (χ1) is 7.48. The largest absolute Gasteiger partial charge is 0.320 e. The van der Waals surface area contributed by atoms with E-state index in [1.54, 1.807) is 6.33 Å². The van der Waals surface area contributed by atoms with Crippen molar-refractivity contribution >= 4 is 10.2 Å². The van der Waals surface area contributed by atoms with Crippen molar-refractivity contribution in [1.82, 2.24) is 19.1 Å². The van der Waals surface area contributed by atoms with Crippen molar-refractivity contribution in [2.75, 3.05) is 13.1 Å². The minimum atomic E-state index is -3.59. The second kappa shape index (κ2) is 4.11. The van der Waals surface area contributed by atoms with Crippen LogP contribution in [0.25, 0.3) is 0 Å². The molecular formula is C8H15N5O2S. The number of nitrogens with two attached hydrogens (primary N) is 1. The van der Waals surface area contributed by atoms with Gasteiger partial charge in [-0.2, -0.15) is 12.7 Å². The molecular weight excluding hydrogens is 230 g/mol. The lowest BCUT2D eigenvalue weighted by Crippen LogP contribution is -2.43. The molecule has 16 heavy (non-hydrogen) atoms. The summed E-state index contributed by atoms with van der Waals surface area (Å²) >= 11 is 0. The summed E-state index contributed by atoms with van der Waals surface area (Å²) in [5, 5.41) is 12.9. The van der Waals surface area contributed by atoms with Gasteiger partial charge in [-0.1, -0.05) is 0 Å². The van der Waals surface area contributed by atoms with Crippen LogP contribution < -0.4 is 5.14 Å². The van der Waals surface area contributed by atoms with Gasteiger partial charge in [-0.05, 0) is 12.8 Å². The van der Waals surface area contributed by atoms with Crippen molar-refractivity contribution in [3.63, 3.8) is 0 Å². The molecule has 2 rings (SSSR count). The summed E-state index contributed by atoms with van der Waals surface area (Å²) in [5.41, 5.74) is 0. The van der Waals surface area contributed by atoms with Crippen LogP contribution in [-0.2, 0) is 17.3 Å². The lowest BCUT2D eigenvalue weighted by molar-refractivity contribution is 0.306. The molecule has 0 amide bonds. The first-order valence-electron chi connectivity index (χ1n) is 5.10. The third-order valence-electron chi connectivity index (χ3n) is 2.86. The van der Waals surface area contributed by atoms with Crippen LogP contribution in [0.1, 0.15) is 24.6 Å². The van der Waals surface area contributed by atoms with Gasteiger partial charge < -0.3 is 4.57 Å². The molecule has 1 unspecified atom stereocenters. The molecule has 1 aliphatic rings. The van der Waals surface area contributed by atoms with Gasteiger partial charge in [0.2, 0.25) is 0 Å². The molecule has 0 spiro atoms. The summed E-state index contributed by atoms with van der Waals surface area (Å²) < 4.78 is 25.6. The van der Waals surface area contributed by atoms with Crippen LogP contribution >= 0.6 is 0 Å². The minimum absolute atomic E-state index is 0.0829. The number of hydrogen-bond donors (Lipinski definition) is 1. The summed E-state index contributed by atoms with van der Waals surface area (Å²) in [5.74, 6) is 0.896. The van der Waals surface area contributed by atoms with Crippen LogP contribution in [0.2, 0.25) is 0 Å². The van der Waals surface area contributed by atoms with Crippen molar-refractivity contribution in [3.8, 4) is 0 Å². The van der Waals surface area contributed by atoms with Gasteiger partial charge >= 0.3 is 0 Å². The topological polar surface area (TPSA) is 94.1 Å². The Kier molecular flexibility index (Phi) is 2.96. The van der Waals surface area contributed by atoms with E-state index >= 15 is 0 Å². The van der Waals surface area contributed by atoms with E-state index in [9.17, 15) is 8.42 Å². The highest BCUT2D eigenvalue weighted by molar-refractivity contribution is 7.86. The molecule has 1 saturated heterocycles. The molecule has 0 radical (unpaired) electrons. The molecule has 2 heterocycles. The van der Waals surface area contributed by atoms with Gasteiger partial charge in [-0.3, -0.25) is 0 Å². The molecule has 1 aromatic rings. The molecule has 0 aliphatic carbocycles. The zero-order valence-electron chi connectivity index (χ0n) is 9.07. The number of nitrogens with zero attached hydrogens (tertiary/aromatic N) is 4. The first kappa shape index (κ1) is 11.5. The monoisotopic (exact) mass is 245 g/mol. The third-order valence-corrected chi connectivity index (χ3v) is 3.91. The van der Waals surface area contributed by atoms with Crippen molar-refractivity contribution in [3.05, 3.63) is 12.2 Å². The van der Waals surface area contributed by atoms with Crippen LogP contribution in [0, 0.1) is 0 Å². The van der Waals surface area contributed by atoms with E-state index in [1.165, 1.54) is 4.31 Å². The normalized spacial score (nSPS) is 23.5. The summed E-state index contributed by atoms with van der Waals surface area (Å²) in [7, 11) is -1.73. The molecule has 1 atom stereocenters. The predicted molar refractivity (Wildman–Crippen MR) is 57.7 cm³/mol. The van der Waals surface area contributed by atoms with Gasteiger partial charge in [0.05, 0.1) is 0 Å². The smallest absolute Gasteiger partial charge is 0.276 e. The Balaban J connectivity index is 2.17. The Morgan fingerprint density at radius 2 is 2.31 bits per heavy atom. The molecule has 2 N–H and O–H groups in total. The van der Waals surface area contributed by atoms with Crippen molar-refractivity contribution in [2.24, 2.45) is 12.2 Å². The molecule has 1 aromatic heterocycles. The zero-order chi connectivity index (χ0) is 11.8. The summed E-state index contributed by atoms with van der Waals surface area (Å²) in [4.78, 5) is 0. The van der Waals surface area contributed by atoms with Gasteiger partial charge in [0.25, 0.3) is 10.2 Å². The Morgan fingerprint density at radius 3 is 2.88 bits per heavy atom. The van der Waals surface area contributed by atoms with Gasteiger partial charge in [0.15, 0.2) is 0 Å². The molecule has 0 aromatic carbocycles. The highest BCUT2D eigenvalue weighted by Crippen LogP contribution is 2.25. The summed E-state index contributed by atoms with van der Waals surface area (Å²) in [6.07, 6.45) is 3.33. The number of piperidine rings is 1. The van der Waals surface area contributed by atoms with E-state index in [-0.39, 0.29) is 5.92 Å². The Morgan fingerprint density at radius 1 is 1.56 bits per heavy atom. The molecule has 0 bridgehead atoms. The van der Waals surface area contributed by atoms with E-state index in [0.717, 1.165) is 18.7 Å². The maximum Gasteiger partial charge on any atom is 0.276 e. The maximum absolute atomic E-state index is 11.2. The molecule has 8 heteroatoms. The maximum atomic E-state index is 11.2. The predicted octanol–water partition coefficient (Wildman–Crippen LogP) is -0.802. The Labute approximate surface area is 94.4 Å². The van der Waals surface area contributed by atoms with Crippen molar-refractivity contribution < 1.29 is 8.42 Å². The average Bonchev–Trinajstić information content (AvgIpc) is 2.63. The summed E-state index contributed by atoms with van der Waals surface area (Å²) in [6, 6.07) is 0. The molecule has 0 saturated carbocycles. The van der Waals surface area contributed by atoms with Crippen LogP contribution in [0.5, 0.6) is 0 Å². The highest BCUT2D eigenvalue weighted by atomic mass is 32.2. The van der Waals surface area contributed by atoms with Crippen molar-refractivity contribution in [2.45, 2.75) is 18.8 Å². The van der Waals surface area contributed by atoms with Gasteiger partial charge in [-0.15, -0.1) is 10.2 Å². The van der Waals surface area contributed by atoms with E-state index < -0.39 is 10.2 Å². The fourth-order valence-corrected chi connectivity index (χ4v) is 2.82. The van der Waals surface area contributed by atoms with Crippen LogP contribution in [-0.4, -0.2) is 40.6 Å². The van der Waals surface area contributed by atoms with Gasteiger partial charge in [0, 0.05) is 26.1 Å². The van der Waals surface area contributed by atoms with Crippen molar-refractivity contribution in [1.29, 1.82) is 0 Å². The standard InChI is InChI=1S/C8H15N5O2S/c1-12-6-10-11-8(12)7-3-2-4-13(5-7)16(9,14)15/h6-7H,2-5H2,1H3,(H2,9,14,15). The fourth-order valence-electron chi connectivity index (χ4n) is 2.05. The van der Waals surface area contributed by atoms with Crippen LogP contribution in [0.4, 0.5) is 0 Å². The molecule has 90 valence electrons. The van der Waals surface area contributed by atoms with Gasteiger partial charge in [0.1, 0.15) is 12.2 Å². The Hall–Kier alpha value is -0.990.